The van der Waals surface area contributed by atoms with Crippen molar-refractivity contribution >= 4 is 49.3 Å². The molecule has 0 aliphatic carbocycles. The lowest BCUT2D eigenvalue weighted by molar-refractivity contribution is -0.143. The lowest BCUT2D eigenvalue weighted by atomic mass is 9.94. The van der Waals surface area contributed by atoms with Crippen LogP contribution in [0.25, 0.3) is 93.2 Å². The van der Waals surface area contributed by atoms with Crippen LogP contribution in [0.15, 0.2) is 152 Å². The molecule has 0 saturated heterocycles. The van der Waals surface area contributed by atoms with Crippen molar-refractivity contribution in [2.75, 3.05) is 0 Å². The first-order valence-corrected chi connectivity index (χ1v) is 21.0. The van der Waals surface area contributed by atoms with Gasteiger partial charge in [-0.2, -0.15) is 57.9 Å². The van der Waals surface area contributed by atoms with Gasteiger partial charge in [-0.25, -0.2) is 9.24 Å². The Morgan fingerprint density at radius 1 is 0.423 bits per heavy atom. The number of hydrogen-bond donors (Lipinski definition) is 0. The second kappa shape index (κ2) is 16.3. The highest BCUT2D eigenvalue weighted by Crippen LogP contribution is 2.49. The number of alkyl halides is 12. The van der Waals surface area contributed by atoms with Crippen molar-refractivity contribution in [2.45, 2.75) is 24.7 Å². The van der Waals surface area contributed by atoms with E-state index in [1.54, 1.807) is 59.2 Å². The number of fused-ring (bicyclic) bond motifs is 6. The molecule has 17 heteroatoms. The summed E-state index contributed by atoms with van der Waals surface area (Å²) < 4.78 is 192. The quantitative estimate of drug-likeness (QED) is 0.125. The van der Waals surface area contributed by atoms with Crippen molar-refractivity contribution in [1.29, 1.82) is 5.26 Å². The number of hydrogen-bond acceptors (Lipinski definition) is 1. The van der Waals surface area contributed by atoms with E-state index in [0.717, 1.165) is 24.3 Å². The third-order valence-electron chi connectivity index (χ3n) is 12.3. The second-order valence-electron chi connectivity index (χ2n) is 16.5. The van der Waals surface area contributed by atoms with Gasteiger partial charge in [0, 0.05) is 21.5 Å². The zero-order chi connectivity index (χ0) is 50.5. The molecule has 0 amide bonds. The fourth-order valence-electron chi connectivity index (χ4n) is 9.32. The van der Waals surface area contributed by atoms with Gasteiger partial charge in [0.05, 0.1) is 73.9 Å². The summed E-state index contributed by atoms with van der Waals surface area (Å²) in [4.78, 5) is 3.66. The topological polar surface area (TPSA) is 38.0 Å². The van der Waals surface area contributed by atoms with Crippen LogP contribution < -0.4 is 0 Å². The van der Waals surface area contributed by atoms with Crippen molar-refractivity contribution in [3.8, 4) is 50.8 Å². The maximum atomic E-state index is 15.0. The van der Waals surface area contributed by atoms with Crippen molar-refractivity contribution in [3.63, 3.8) is 0 Å². The lowest BCUT2D eigenvalue weighted by Gasteiger charge is -2.21. The molecule has 0 fully saturated rings. The Balaban J connectivity index is 1.37. The molecule has 0 spiro atoms. The first-order valence-electron chi connectivity index (χ1n) is 21.0. The van der Waals surface area contributed by atoms with E-state index in [-0.39, 0.29) is 56.4 Å². The van der Waals surface area contributed by atoms with Crippen LogP contribution in [0.4, 0.5) is 62.8 Å². The van der Waals surface area contributed by atoms with Crippen LogP contribution in [0.3, 0.4) is 0 Å². The summed E-state index contributed by atoms with van der Waals surface area (Å²) in [7, 11) is 0. The number of nitriles is 1. The van der Waals surface area contributed by atoms with Gasteiger partial charge in [-0.3, -0.25) is 0 Å². The SMILES string of the molecule is [C-]#[N+]c1cc(-n2c3ccccc3c3ccc(-c4ccc(F)cc4C(F)(F)F)cc32)c(-n2c3ccccc3c3ccc(-c4ccc(C(F)(F)F)cc4C(F)(F)F)cc32)cc1-c1ccc(C#N)cc1C(F)(F)F. The molecule has 2 aromatic heterocycles. The third kappa shape index (κ3) is 7.83. The van der Waals surface area contributed by atoms with Crippen LogP contribution in [0.1, 0.15) is 27.8 Å². The minimum atomic E-state index is -5.28. The Morgan fingerprint density at radius 3 is 1.39 bits per heavy atom. The maximum absolute atomic E-state index is 15.0. The van der Waals surface area contributed by atoms with Gasteiger partial charge in [-0.05, 0) is 106 Å². The van der Waals surface area contributed by atoms with E-state index in [2.05, 4.69) is 4.85 Å². The predicted octanol–water partition coefficient (Wildman–Crippen LogP) is 17.5. The number of aromatic nitrogens is 2. The summed E-state index contributed by atoms with van der Waals surface area (Å²) in [6, 6.07) is 32.0. The molecule has 71 heavy (non-hydrogen) atoms. The van der Waals surface area contributed by atoms with Crippen LogP contribution >= 0.6 is 0 Å². The summed E-state index contributed by atoms with van der Waals surface area (Å²) in [5.41, 5.74) is -7.46. The molecule has 0 radical (unpaired) electrons. The number of nitrogens with zero attached hydrogens (tertiary/aromatic N) is 4. The van der Waals surface area contributed by atoms with Crippen molar-refractivity contribution in [2.24, 2.45) is 0 Å². The third-order valence-corrected chi connectivity index (χ3v) is 12.3. The van der Waals surface area contributed by atoms with Gasteiger partial charge in [-0.1, -0.05) is 78.9 Å². The van der Waals surface area contributed by atoms with Crippen LogP contribution in [-0.2, 0) is 24.7 Å². The summed E-state index contributed by atoms with van der Waals surface area (Å²) in [6.07, 6.45) is -20.5. The van der Waals surface area contributed by atoms with E-state index >= 15 is 13.2 Å². The van der Waals surface area contributed by atoms with E-state index in [1.165, 1.54) is 53.1 Å². The predicted molar refractivity (Wildman–Crippen MR) is 242 cm³/mol. The zero-order valence-electron chi connectivity index (χ0n) is 35.6. The first kappa shape index (κ1) is 46.2. The van der Waals surface area contributed by atoms with Gasteiger partial charge in [-0.15, -0.1) is 0 Å². The van der Waals surface area contributed by atoms with Crippen molar-refractivity contribution in [3.05, 3.63) is 197 Å². The maximum Gasteiger partial charge on any atom is 0.417 e. The van der Waals surface area contributed by atoms with E-state index < -0.39 is 69.5 Å². The van der Waals surface area contributed by atoms with Crippen LogP contribution in [0.2, 0.25) is 0 Å². The highest BCUT2D eigenvalue weighted by atomic mass is 19.4. The summed E-state index contributed by atoms with van der Waals surface area (Å²) in [6.45, 7) is 8.36. The molecule has 0 unspecified atom stereocenters. The average molecular weight is 977 g/mol. The van der Waals surface area contributed by atoms with Gasteiger partial charge >= 0.3 is 24.7 Å². The molecule has 4 nitrogen and oxygen atoms in total. The number of rotatable bonds is 5. The number of benzene rings is 8. The molecular formula is C54H25F13N4. The van der Waals surface area contributed by atoms with Crippen LogP contribution in [0, 0.1) is 23.7 Å². The highest BCUT2D eigenvalue weighted by Gasteiger charge is 2.39. The minimum Gasteiger partial charge on any atom is -0.308 e. The molecule has 10 aromatic rings. The van der Waals surface area contributed by atoms with Gasteiger partial charge in [0.25, 0.3) is 0 Å². The highest BCUT2D eigenvalue weighted by molar-refractivity contribution is 6.13. The smallest absolute Gasteiger partial charge is 0.308 e. The lowest BCUT2D eigenvalue weighted by Crippen LogP contribution is -2.12. The minimum absolute atomic E-state index is 0.00150. The van der Waals surface area contributed by atoms with Gasteiger partial charge < -0.3 is 9.13 Å². The van der Waals surface area contributed by atoms with Crippen LogP contribution in [0.5, 0.6) is 0 Å². The molecule has 2 heterocycles. The largest absolute Gasteiger partial charge is 0.417 e. The molecule has 352 valence electrons. The normalized spacial score (nSPS) is 12.5. The first-order chi connectivity index (χ1) is 33.6. The molecule has 8 aromatic carbocycles. The molecule has 0 saturated carbocycles. The molecule has 0 aliphatic heterocycles. The summed E-state index contributed by atoms with van der Waals surface area (Å²) in [5.74, 6) is -1.15. The molecule has 0 atom stereocenters. The fourth-order valence-corrected chi connectivity index (χ4v) is 9.32. The van der Waals surface area contributed by atoms with Crippen LogP contribution in [-0.4, -0.2) is 9.13 Å². The van der Waals surface area contributed by atoms with Gasteiger partial charge in [0.15, 0.2) is 5.69 Å². The Labute approximate surface area is 392 Å². The molecule has 0 N–H and O–H groups in total. The summed E-state index contributed by atoms with van der Waals surface area (Å²) in [5, 5.41) is 11.4. The monoisotopic (exact) mass is 976 g/mol. The Morgan fingerprint density at radius 2 is 0.887 bits per heavy atom. The molecule has 10 rings (SSSR count). The Kier molecular flexibility index (Phi) is 10.6. The summed E-state index contributed by atoms with van der Waals surface area (Å²) >= 11 is 0. The fraction of sp³-hybridized carbons (Fsp3) is 0.0741. The van der Waals surface area contributed by atoms with E-state index in [4.69, 9.17) is 6.57 Å². The van der Waals surface area contributed by atoms with E-state index in [1.807, 2.05) is 0 Å². The Bertz CT molecular complexity index is 3930. The number of para-hydroxylation sites is 2. The molecule has 0 bridgehead atoms. The van der Waals surface area contributed by atoms with Crippen molar-refractivity contribution in [1.82, 2.24) is 9.13 Å². The van der Waals surface area contributed by atoms with E-state index in [0.29, 0.717) is 56.8 Å². The Hall–Kier alpha value is -8.57. The average Bonchev–Trinajstić information content (AvgIpc) is 3.84. The molecule has 0 aliphatic rings. The standard InChI is InChI=1S/C54H25F13N4/c1-69-44-26-50(71-46-9-5-3-7-37(46)39-17-12-30(22-48(39)71)34-19-14-32(55)24-43(34)54(65,66)67)49(25-40(44)35-15-10-28(27-68)20-41(35)52(59,60)61)70-45-8-4-2-6-36(45)38-16-11-29(21-47(38)70)33-18-13-31(51(56,57)58)23-42(33)53(62,63)64/h2-26H. The second-order valence-corrected chi connectivity index (χ2v) is 16.5. The molecular weight excluding hydrogens is 952 g/mol. The van der Waals surface area contributed by atoms with Crippen molar-refractivity contribution < 1.29 is 57.1 Å². The van der Waals surface area contributed by atoms with Gasteiger partial charge in [0.2, 0.25) is 0 Å². The van der Waals surface area contributed by atoms with E-state index in [9.17, 15) is 49.2 Å². The van der Waals surface area contributed by atoms with Gasteiger partial charge in [0.1, 0.15) is 5.82 Å². The number of halogens is 13. The zero-order valence-corrected chi connectivity index (χ0v) is 35.6.